The lowest BCUT2D eigenvalue weighted by Crippen LogP contribution is -2.36. The second-order valence-electron chi connectivity index (χ2n) is 10.0. The Bertz CT molecular complexity index is 1450. The molecular formula is C29H34N8O3. The molecule has 0 atom stereocenters. The molecule has 1 aromatic carbocycles. The normalized spacial score (nSPS) is 15.7. The van der Waals surface area contributed by atoms with Crippen LogP contribution in [0.2, 0.25) is 0 Å². The van der Waals surface area contributed by atoms with Crippen LogP contribution in [-0.4, -0.2) is 88.4 Å². The van der Waals surface area contributed by atoms with Crippen molar-refractivity contribution in [1.82, 2.24) is 29.4 Å². The number of amides is 1. The van der Waals surface area contributed by atoms with Crippen molar-refractivity contribution in [3.05, 3.63) is 54.5 Å². The summed E-state index contributed by atoms with van der Waals surface area (Å²) >= 11 is 0. The Morgan fingerprint density at radius 3 is 2.58 bits per heavy atom. The number of hydrogen-bond acceptors (Lipinski definition) is 9. The van der Waals surface area contributed by atoms with Crippen molar-refractivity contribution < 1.29 is 14.3 Å². The van der Waals surface area contributed by atoms with Crippen LogP contribution in [-0.2, 0) is 22.5 Å². The van der Waals surface area contributed by atoms with Gasteiger partial charge in [-0.05, 0) is 42.7 Å². The number of aromatic nitrogens is 5. The van der Waals surface area contributed by atoms with E-state index in [0.29, 0.717) is 56.4 Å². The average molecular weight is 543 g/mol. The molecule has 3 aromatic heterocycles. The number of nitrogens with zero attached hydrogens (tertiary/aromatic N) is 7. The molecule has 2 saturated heterocycles. The van der Waals surface area contributed by atoms with Crippen molar-refractivity contribution in [2.75, 3.05) is 63.3 Å². The first kappa shape index (κ1) is 26.0. The maximum absolute atomic E-state index is 12.1. The maximum Gasteiger partial charge on any atom is 0.222 e. The topological polar surface area (TPSA) is 111 Å². The smallest absolute Gasteiger partial charge is 0.222 e. The van der Waals surface area contributed by atoms with Crippen molar-refractivity contribution >= 4 is 28.7 Å². The minimum atomic E-state index is 0.215. The van der Waals surface area contributed by atoms with Crippen molar-refractivity contribution in [2.45, 2.75) is 25.8 Å². The monoisotopic (exact) mass is 542 g/mol. The van der Waals surface area contributed by atoms with Crippen molar-refractivity contribution in [2.24, 2.45) is 0 Å². The van der Waals surface area contributed by atoms with Crippen LogP contribution in [0, 0.1) is 0 Å². The molecule has 0 saturated carbocycles. The van der Waals surface area contributed by atoms with Gasteiger partial charge in [0.25, 0.3) is 0 Å². The lowest BCUT2D eigenvalue weighted by Gasteiger charge is -2.27. The van der Waals surface area contributed by atoms with Gasteiger partial charge >= 0.3 is 0 Å². The van der Waals surface area contributed by atoms with Gasteiger partial charge in [-0.25, -0.2) is 19.9 Å². The molecule has 0 aliphatic carbocycles. The number of likely N-dealkylation sites (tertiary alicyclic amines) is 1. The summed E-state index contributed by atoms with van der Waals surface area (Å²) in [5.41, 5.74) is 3.48. The first-order valence-electron chi connectivity index (χ1n) is 13.8. The molecule has 11 heteroatoms. The van der Waals surface area contributed by atoms with Crippen LogP contribution in [0.25, 0.3) is 22.6 Å². The Morgan fingerprint density at radius 2 is 1.85 bits per heavy atom. The summed E-state index contributed by atoms with van der Waals surface area (Å²) in [5.74, 6) is 3.24. The highest BCUT2D eigenvalue weighted by atomic mass is 16.5. The molecule has 0 unspecified atom stereocenters. The Labute approximate surface area is 233 Å². The zero-order chi connectivity index (χ0) is 27.3. The van der Waals surface area contributed by atoms with Gasteiger partial charge in [0.2, 0.25) is 5.91 Å². The van der Waals surface area contributed by atoms with Gasteiger partial charge in [-0.15, -0.1) is 0 Å². The number of imidazole rings is 1. The number of pyridine rings is 1. The SMILES string of the molecule is COc1ccc(CCNc2nc(-c3ccc(N4CCOCC4)nc3)nc3c2ncn3CCN2CCCC2=O)cc1. The number of hydrogen-bond donors (Lipinski definition) is 1. The van der Waals surface area contributed by atoms with Gasteiger partial charge in [0.15, 0.2) is 17.3 Å². The van der Waals surface area contributed by atoms with Gasteiger partial charge in [0.05, 0.1) is 26.7 Å². The summed E-state index contributed by atoms with van der Waals surface area (Å²) < 4.78 is 12.7. The fourth-order valence-electron chi connectivity index (χ4n) is 5.14. The van der Waals surface area contributed by atoms with Crippen LogP contribution in [0.4, 0.5) is 11.6 Å². The van der Waals surface area contributed by atoms with E-state index in [1.807, 2.05) is 39.9 Å². The van der Waals surface area contributed by atoms with Gasteiger partial charge in [0, 0.05) is 57.4 Å². The van der Waals surface area contributed by atoms with Crippen LogP contribution in [0.15, 0.2) is 48.9 Å². The fraction of sp³-hybridized carbons (Fsp3) is 0.414. The Kier molecular flexibility index (Phi) is 7.71. The van der Waals surface area contributed by atoms with E-state index in [1.54, 1.807) is 13.4 Å². The summed E-state index contributed by atoms with van der Waals surface area (Å²) in [6.07, 6.45) is 5.99. The molecule has 5 heterocycles. The van der Waals surface area contributed by atoms with Crippen LogP contribution in [0.5, 0.6) is 5.75 Å². The van der Waals surface area contributed by atoms with E-state index in [-0.39, 0.29) is 5.91 Å². The first-order valence-corrected chi connectivity index (χ1v) is 13.8. The zero-order valence-corrected chi connectivity index (χ0v) is 22.8. The van der Waals surface area contributed by atoms with Gasteiger partial charge in [-0.1, -0.05) is 12.1 Å². The Hall–Kier alpha value is -4.25. The summed E-state index contributed by atoms with van der Waals surface area (Å²) in [7, 11) is 1.67. The largest absolute Gasteiger partial charge is 0.497 e. The van der Waals surface area contributed by atoms with Gasteiger partial charge in [-0.2, -0.15) is 0 Å². The number of morpholine rings is 1. The third-order valence-electron chi connectivity index (χ3n) is 7.45. The zero-order valence-electron chi connectivity index (χ0n) is 22.8. The fourth-order valence-corrected chi connectivity index (χ4v) is 5.14. The van der Waals surface area contributed by atoms with E-state index in [2.05, 4.69) is 27.3 Å². The van der Waals surface area contributed by atoms with E-state index >= 15 is 0 Å². The highest BCUT2D eigenvalue weighted by molar-refractivity contribution is 5.85. The number of ether oxygens (including phenoxy) is 2. The molecule has 1 N–H and O–H groups in total. The van der Waals surface area contributed by atoms with E-state index < -0.39 is 0 Å². The highest BCUT2D eigenvalue weighted by Gasteiger charge is 2.21. The number of methoxy groups -OCH3 is 1. The lowest BCUT2D eigenvalue weighted by molar-refractivity contribution is -0.127. The summed E-state index contributed by atoms with van der Waals surface area (Å²) in [4.78, 5) is 35.4. The molecule has 6 rings (SSSR count). The molecule has 0 bridgehead atoms. The minimum absolute atomic E-state index is 0.215. The van der Waals surface area contributed by atoms with E-state index in [4.69, 9.17) is 24.4 Å². The second-order valence-corrected chi connectivity index (χ2v) is 10.0. The lowest BCUT2D eigenvalue weighted by atomic mass is 10.1. The molecule has 0 radical (unpaired) electrons. The van der Waals surface area contributed by atoms with E-state index in [1.165, 1.54) is 5.56 Å². The molecule has 0 spiro atoms. The third kappa shape index (κ3) is 5.69. The van der Waals surface area contributed by atoms with Gasteiger partial charge in [-0.3, -0.25) is 4.79 Å². The van der Waals surface area contributed by atoms with Crippen LogP contribution in [0.1, 0.15) is 18.4 Å². The number of benzene rings is 1. The summed E-state index contributed by atoms with van der Waals surface area (Å²) in [6.45, 7) is 5.83. The molecule has 4 aromatic rings. The number of anilines is 2. The highest BCUT2D eigenvalue weighted by Crippen LogP contribution is 2.26. The first-order chi connectivity index (χ1) is 19.7. The number of fused-ring (bicyclic) bond motifs is 1. The summed E-state index contributed by atoms with van der Waals surface area (Å²) in [5, 5.41) is 3.49. The van der Waals surface area contributed by atoms with Crippen LogP contribution in [0.3, 0.4) is 0 Å². The van der Waals surface area contributed by atoms with Crippen LogP contribution < -0.4 is 15.0 Å². The number of nitrogens with one attached hydrogen (secondary N) is 1. The number of carbonyl (C=O) groups excluding carboxylic acids is 1. The molecule has 2 aliphatic heterocycles. The van der Waals surface area contributed by atoms with Crippen molar-refractivity contribution in [3.63, 3.8) is 0 Å². The molecule has 208 valence electrons. The van der Waals surface area contributed by atoms with Crippen molar-refractivity contribution in [3.8, 4) is 17.1 Å². The maximum atomic E-state index is 12.1. The number of rotatable bonds is 10. The molecular weight excluding hydrogens is 508 g/mol. The average Bonchev–Trinajstić information content (AvgIpc) is 3.62. The Balaban J connectivity index is 1.26. The quantitative estimate of drug-likeness (QED) is 0.323. The Morgan fingerprint density at radius 1 is 1.00 bits per heavy atom. The number of carbonyl (C=O) groups is 1. The molecule has 2 fully saturated rings. The predicted octanol–water partition coefficient (Wildman–Crippen LogP) is 3.01. The molecule has 11 nitrogen and oxygen atoms in total. The van der Waals surface area contributed by atoms with E-state index in [0.717, 1.165) is 55.3 Å². The van der Waals surface area contributed by atoms with Crippen LogP contribution >= 0.6 is 0 Å². The minimum Gasteiger partial charge on any atom is -0.497 e. The molecule has 1 amide bonds. The van der Waals surface area contributed by atoms with Gasteiger partial charge < -0.3 is 29.2 Å². The molecule has 40 heavy (non-hydrogen) atoms. The summed E-state index contributed by atoms with van der Waals surface area (Å²) in [6, 6.07) is 12.1. The van der Waals surface area contributed by atoms with E-state index in [9.17, 15) is 4.79 Å². The second kappa shape index (κ2) is 11.9. The van der Waals surface area contributed by atoms with Crippen molar-refractivity contribution in [1.29, 1.82) is 0 Å². The third-order valence-corrected chi connectivity index (χ3v) is 7.45. The standard InChI is InChI=1S/C29H34N8O3/c1-39-23-7-4-21(5-8-23)10-11-30-28-26-29(37(20-32-26)14-13-36-12-2-3-25(36)38)34-27(33-28)22-6-9-24(31-19-22)35-15-17-40-18-16-35/h4-9,19-20H,2-3,10-18H2,1H3,(H,30,33,34). The van der Waals surface area contributed by atoms with Gasteiger partial charge in [0.1, 0.15) is 17.1 Å². The predicted molar refractivity (Wildman–Crippen MR) is 153 cm³/mol. The molecule has 2 aliphatic rings.